The quantitative estimate of drug-likeness (QED) is 0.721. The summed E-state index contributed by atoms with van der Waals surface area (Å²) in [6.45, 7) is 1.47. The summed E-state index contributed by atoms with van der Waals surface area (Å²) >= 11 is 5.82. The Bertz CT molecular complexity index is 909. The molecule has 24 heavy (non-hydrogen) atoms. The van der Waals surface area contributed by atoms with E-state index in [4.69, 9.17) is 16.0 Å². The summed E-state index contributed by atoms with van der Waals surface area (Å²) in [4.78, 5) is 0. The van der Waals surface area contributed by atoms with Crippen LogP contribution < -0.4 is 4.72 Å². The standard InChI is InChI=1S/C13H16ClN3O5S2/c1-2-6-24(20,21)15-8-12-16-17-13(22-12)23(18,19)9-10-4-3-5-11(14)7-10/h3-5,7,15H,2,6,8-9H2,1H3. The molecule has 0 spiro atoms. The smallest absolute Gasteiger partial charge is 0.335 e. The molecule has 0 atom stereocenters. The largest absolute Gasteiger partial charge is 0.411 e. The lowest BCUT2D eigenvalue weighted by Gasteiger charge is -2.02. The molecule has 11 heteroatoms. The van der Waals surface area contributed by atoms with Gasteiger partial charge in [-0.05, 0) is 24.1 Å². The minimum Gasteiger partial charge on any atom is -0.411 e. The number of nitrogens with one attached hydrogen (secondary N) is 1. The second-order valence-corrected chi connectivity index (χ2v) is 9.22. The van der Waals surface area contributed by atoms with Crippen molar-refractivity contribution in [1.82, 2.24) is 14.9 Å². The van der Waals surface area contributed by atoms with Crippen molar-refractivity contribution in [3.63, 3.8) is 0 Å². The van der Waals surface area contributed by atoms with Crippen molar-refractivity contribution in [2.75, 3.05) is 5.75 Å². The zero-order valence-corrected chi connectivity index (χ0v) is 15.2. The number of hydrogen-bond donors (Lipinski definition) is 1. The van der Waals surface area contributed by atoms with Crippen LogP contribution in [0.5, 0.6) is 0 Å². The third-order valence-electron chi connectivity index (χ3n) is 2.88. The number of sulfone groups is 1. The molecule has 0 bridgehead atoms. The van der Waals surface area contributed by atoms with E-state index in [1.165, 1.54) is 6.07 Å². The van der Waals surface area contributed by atoms with Gasteiger partial charge in [0.05, 0.1) is 18.1 Å². The average Bonchev–Trinajstić information content (AvgIpc) is 2.94. The molecule has 8 nitrogen and oxygen atoms in total. The lowest BCUT2D eigenvalue weighted by atomic mass is 10.2. The lowest BCUT2D eigenvalue weighted by Crippen LogP contribution is -2.25. The van der Waals surface area contributed by atoms with E-state index in [-0.39, 0.29) is 23.9 Å². The fraction of sp³-hybridized carbons (Fsp3) is 0.385. The molecule has 0 unspecified atom stereocenters. The number of nitrogens with zero attached hydrogens (tertiary/aromatic N) is 2. The van der Waals surface area contributed by atoms with Gasteiger partial charge in [0.25, 0.3) is 0 Å². The summed E-state index contributed by atoms with van der Waals surface area (Å²) < 4.78 is 54.9. The maximum absolute atomic E-state index is 12.3. The molecule has 2 aromatic rings. The Kier molecular flexibility index (Phi) is 5.97. The van der Waals surface area contributed by atoms with E-state index in [0.717, 1.165) is 0 Å². The van der Waals surface area contributed by atoms with Crippen LogP contribution in [-0.4, -0.2) is 32.8 Å². The molecule has 0 saturated carbocycles. The van der Waals surface area contributed by atoms with Crippen molar-refractivity contribution in [3.05, 3.63) is 40.7 Å². The lowest BCUT2D eigenvalue weighted by molar-refractivity contribution is 0.393. The topological polar surface area (TPSA) is 119 Å². The van der Waals surface area contributed by atoms with Gasteiger partial charge in [-0.25, -0.2) is 21.6 Å². The summed E-state index contributed by atoms with van der Waals surface area (Å²) in [6, 6.07) is 6.40. The van der Waals surface area contributed by atoms with Crippen LogP contribution in [0.2, 0.25) is 5.02 Å². The molecule has 0 aliphatic carbocycles. The Balaban J connectivity index is 2.09. The second-order valence-electron chi connectivity index (χ2n) is 4.99. The van der Waals surface area contributed by atoms with Gasteiger partial charge in [0.15, 0.2) is 0 Å². The van der Waals surface area contributed by atoms with Gasteiger partial charge in [0, 0.05) is 5.02 Å². The third-order valence-corrected chi connectivity index (χ3v) is 6.05. The monoisotopic (exact) mass is 393 g/mol. The summed E-state index contributed by atoms with van der Waals surface area (Å²) in [5, 5.41) is 6.89. The summed E-state index contributed by atoms with van der Waals surface area (Å²) in [5.41, 5.74) is 0.478. The van der Waals surface area contributed by atoms with Gasteiger partial charge >= 0.3 is 5.22 Å². The minimum absolute atomic E-state index is 0.0406. The number of benzene rings is 1. The molecule has 0 radical (unpaired) electrons. The van der Waals surface area contributed by atoms with Crippen LogP contribution in [0.25, 0.3) is 0 Å². The normalized spacial score (nSPS) is 12.4. The van der Waals surface area contributed by atoms with Crippen LogP contribution in [-0.2, 0) is 32.2 Å². The second kappa shape index (κ2) is 7.60. The summed E-state index contributed by atoms with van der Waals surface area (Å²) in [7, 11) is -7.30. The Morgan fingerprint density at radius 2 is 1.96 bits per heavy atom. The molecular weight excluding hydrogens is 378 g/mol. The van der Waals surface area contributed by atoms with Gasteiger partial charge in [-0.1, -0.05) is 35.8 Å². The molecule has 1 N–H and O–H groups in total. The third kappa shape index (κ3) is 5.26. The molecule has 1 aromatic heterocycles. The SMILES string of the molecule is CCCS(=O)(=O)NCc1nnc(S(=O)(=O)Cc2cccc(Cl)c2)o1. The van der Waals surface area contributed by atoms with Crippen molar-refractivity contribution in [1.29, 1.82) is 0 Å². The Morgan fingerprint density at radius 1 is 1.21 bits per heavy atom. The first-order valence-corrected chi connectivity index (χ1v) is 10.7. The summed E-state index contributed by atoms with van der Waals surface area (Å²) in [5.74, 6) is -0.517. The maximum Gasteiger partial charge on any atom is 0.335 e. The van der Waals surface area contributed by atoms with Gasteiger partial charge in [-0.3, -0.25) is 0 Å². The van der Waals surface area contributed by atoms with Crippen molar-refractivity contribution < 1.29 is 21.3 Å². The first kappa shape index (κ1) is 18.8. The van der Waals surface area contributed by atoms with E-state index < -0.39 is 25.1 Å². The Morgan fingerprint density at radius 3 is 2.62 bits per heavy atom. The van der Waals surface area contributed by atoms with E-state index in [2.05, 4.69) is 14.9 Å². The van der Waals surface area contributed by atoms with Crippen LogP contribution in [0, 0.1) is 0 Å². The molecule has 0 aliphatic heterocycles. The number of sulfonamides is 1. The van der Waals surface area contributed by atoms with Gasteiger partial charge in [-0.2, -0.15) is 0 Å². The zero-order valence-electron chi connectivity index (χ0n) is 12.8. The van der Waals surface area contributed by atoms with Crippen LogP contribution in [0.15, 0.2) is 33.9 Å². The molecule has 1 heterocycles. The number of hydrogen-bond acceptors (Lipinski definition) is 7. The molecule has 0 amide bonds. The molecular formula is C13H16ClN3O5S2. The Hall–Kier alpha value is -1.49. The highest BCUT2D eigenvalue weighted by molar-refractivity contribution is 7.90. The minimum atomic E-state index is -3.85. The van der Waals surface area contributed by atoms with Crippen LogP contribution >= 0.6 is 11.6 Å². The number of aromatic nitrogens is 2. The average molecular weight is 394 g/mol. The van der Waals surface area contributed by atoms with Gasteiger partial charge < -0.3 is 4.42 Å². The van der Waals surface area contributed by atoms with Gasteiger partial charge in [0.2, 0.25) is 25.8 Å². The Labute approximate surface area is 145 Å². The highest BCUT2D eigenvalue weighted by Gasteiger charge is 2.23. The molecule has 0 aliphatic rings. The first-order valence-electron chi connectivity index (χ1n) is 6.99. The fourth-order valence-electron chi connectivity index (χ4n) is 1.86. The van der Waals surface area contributed by atoms with Crippen LogP contribution in [0.1, 0.15) is 24.8 Å². The predicted molar refractivity (Wildman–Crippen MR) is 87.6 cm³/mol. The highest BCUT2D eigenvalue weighted by atomic mass is 35.5. The molecule has 2 rings (SSSR count). The summed E-state index contributed by atoms with van der Waals surface area (Å²) in [6.07, 6.45) is 0.457. The van der Waals surface area contributed by atoms with Gasteiger partial charge in [-0.15, -0.1) is 5.10 Å². The maximum atomic E-state index is 12.3. The zero-order chi connectivity index (χ0) is 17.8. The van der Waals surface area contributed by atoms with Crippen molar-refractivity contribution in [2.45, 2.75) is 30.9 Å². The predicted octanol–water partition coefficient (Wildman–Crippen LogP) is 1.53. The fourth-order valence-corrected chi connectivity index (χ4v) is 4.22. The first-order chi connectivity index (χ1) is 11.2. The van der Waals surface area contributed by atoms with E-state index in [1.807, 2.05) is 0 Å². The van der Waals surface area contributed by atoms with Crippen molar-refractivity contribution in [3.8, 4) is 0 Å². The number of rotatable bonds is 8. The van der Waals surface area contributed by atoms with E-state index in [9.17, 15) is 16.8 Å². The highest BCUT2D eigenvalue weighted by Crippen LogP contribution is 2.18. The van der Waals surface area contributed by atoms with Crippen molar-refractivity contribution >= 4 is 31.5 Å². The van der Waals surface area contributed by atoms with E-state index in [0.29, 0.717) is 17.0 Å². The van der Waals surface area contributed by atoms with Gasteiger partial charge in [0.1, 0.15) is 0 Å². The van der Waals surface area contributed by atoms with Crippen LogP contribution in [0.3, 0.4) is 0 Å². The molecule has 0 saturated heterocycles. The number of halogens is 1. The van der Waals surface area contributed by atoms with E-state index in [1.54, 1.807) is 25.1 Å². The van der Waals surface area contributed by atoms with E-state index >= 15 is 0 Å². The molecule has 1 aromatic carbocycles. The van der Waals surface area contributed by atoms with Crippen molar-refractivity contribution in [2.24, 2.45) is 0 Å². The molecule has 0 fully saturated rings. The van der Waals surface area contributed by atoms with Crippen LogP contribution in [0.4, 0.5) is 0 Å². The molecule has 132 valence electrons.